The maximum absolute atomic E-state index is 12.9. The van der Waals surface area contributed by atoms with Crippen LogP contribution in [-0.2, 0) is 10.0 Å². The molecular formula is C13H20ClFN4O2S. The Balaban J connectivity index is 2.62. The van der Waals surface area contributed by atoms with Crippen molar-refractivity contribution < 1.29 is 12.8 Å². The van der Waals surface area contributed by atoms with Crippen LogP contribution < -0.4 is 15.8 Å². The molecule has 0 aliphatic carbocycles. The Hall–Kier alpha value is -1.38. The van der Waals surface area contributed by atoms with Gasteiger partial charge in [-0.05, 0) is 39.0 Å². The fourth-order valence-corrected chi connectivity index (χ4v) is 3.10. The molecule has 124 valence electrons. The lowest BCUT2D eigenvalue weighted by atomic mass is 10.1. The SMILES string of the molecule is CC(C)(C)NC(N)=NCCNS(=O)(=O)c1ccc(F)cc1Cl. The van der Waals surface area contributed by atoms with Gasteiger partial charge in [-0.2, -0.15) is 0 Å². The van der Waals surface area contributed by atoms with Crippen molar-refractivity contribution in [3.8, 4) is 0 Å². The van der Waals surface area contributed by atoms with E-state index >= 15 is 0 Å². The summed E-state index contributed by atoms with van der Waals surface area (Å²) >= 11 is 5.73. The second kappa shape index (κ2) is 7.26. The molecule has 4 N–H and O–H groups in total. The van der Waals surface area contributed by atoms with E-state index in [1.165, 1.54) is 0 Å². The normalized spacial score (nSPS) is 13.2. The number of halogens is 2. The van der Waals surface area contributed by atoms with Crippen molar-refractivity contribution in [2.24, 2.45) is 10.7 Å². The molecule has 9 heteroatoms. The highest BCUT2D eigenvalue weighted by Gasteiger charge is 2.17. The summed E-state index contributed by atoms with van der Waals surface area (Å²) in [6, 6.07) is 3.09. The quantitative estimate of drug-likeness (QED) is 0.425. The predicted molar refractivity (Wildman–Crippen MR) is 86.0 cm³/mol. The third kappa shape index (κ3) is 6.17. The van der Waals surface area contributed by atoms with Gasteiger partial charge in [0.05, 0.1) is 11.6 Å². The average Bonchev–Trinajstić information content (AvgIpc) is 2.32. The molecule has 1 aromatic carbocycles. The van der Waals surface area contributed by atoms with Crippen LogP contribution in [0.15, 0.2) is 28.1 Å². The summed E-state index contributed by atoms with van der Waals surface area (Å²) in [7, 11) is -3.82. The van der Waals surface area contributed by atoms with Crippen LogP contribution in [0.5, 0.6) is 0 Å². The second-order valence-corrected chi connectivity index (χ2v) is 7.76. The van der Waals surface area contributed by atoms with Gasteiger partial charge in [-0.3, -0.25) is 4.99 Å². The monoisotopic (exact) mass is 350 g/mol. The fraction of sp³-hybridized carbons (Fsp3) is 0.462. The van der Waals surface area contributed by atoms with E-state index in [4.69, 9.17) is 17.3 Å². The highest BCUT2D eigenvalue weighted by Crippen LogP contribution is 2.21. The van der Waals surface area contributed by atoms with E-state index < -0.39 is 15.8 Å². The lowest BCUT2D eigenvalue weighted by Gasteiger charge is -2.21. The molecule has 0 heterocycles. The summed E-state index contributed by atoms with van der Waals surface area (Å²) in [5.41, 5.74) is 5.43. The van der Waals surface area contributed by atoms with Gasteiger partial charge in [0.1, 0.15) is 10.7 Å². The largest absolute Gasteiger partial charge is 0.370 e. The van der Waals surface area contributed by atoms with Gasteiger partial charge in [-0.15, -0.1) is 0 Å². The first kappa shape index (κ1) is 18.7. The van der Waals surface area contributed by atoms with Crippen LogP contribution in [0.3, 0.4) is 0 Å². The Morgan fingerprint density at radius 3 is 2.59 bits per heavy atom. The summed E-state index contributed by atoms with van der Waals surface area (Å²) in [4.78, 5) is 3.83. The van der Waals surface area contributed by atoms with E-state index in [1.54, 1.807) is 0 Å². The van der Waals surface area contributed by atoms with Crippen molar-refractivity contribution in [1.29, 1.82) is 0 Å². The van der Waals surface area contributed by atoms with E-state index in [0.29, 0.717) is 0 Å². The standard InChI is InChI=1S/C13H20ClFN4O2S/c1-13(2,3)19-12(16)17-6-7-18-22(20,21)11-5-4-9(15)8-10(11)14/h4-5,8,18H,6-7H2,1-3H3,(H3,16,17,19). The molecule has 0 bridgehead atoms. The van der Waals surface area contributed by atoms with Crippen molar-refractivity contribution in [2.45, 2.75) is 31.2 Å². The van der Waals surface area contributed by atoms with Crippen molar-refractivity contribution in [3.05, 3.63) is 29.0 Å². The minimum absolute atomic E-state index is 0.0442. The van der Waals surface area contributed by atoms with Crippen LogP contribution in [0.25, 0.3) is 0 Å². The Bertz CT molecular complexity index is 656. The zero-order valence-corrected chi connectivity index (χ0v) is 14.2. The zero-order valence-electron chi connectivity index (χ0n) is 12.7. The first-order chi connectivity index (χ1) is 10.0. The number of nitrogens with two attached hydrogens (primary N) is 1. The number of nitrogens with one attached hydrogen (secondary N) is 2. The van der Waals surface area contributed by atoms with Crippen LogP contribution in [0, 0.1) is 5.82 Å². The molecule has 0 saturated carbocycles. The van der Waals surface area contributed by atoms with Crippen LogP contribution in [-0.4, -0.2) is 33.0 Å². The van der Waals surface area contributed by atoms with Gasteiger partial charge in [0, 0.05) is 12.1 Å². The molecule has 0 saturated heterocycles. The second-order valence-electron chi connectivity index (χ2n) is 5.61. The summed E-state index contributed by atoms with van der Waals surface area (Å²) in [5, 5.41) is 2.78. The van der Waals surface area contributed by atoms with Gasteiger partial charge >= 0.3 is 0 Å². The Labute approximate surface area is 135 Å². The maximum atomic E-state index is 12.9. The molecule has 22 heavy (non-hydrogen) atoms. The van der Waals surface area contributed by atoms with Gasteiger partial charge in [0.15, 0.2) is 5.96 Å². The van der Waals surface area contributed by atoms with Gasteiger partial charge in [-0.1, -0.05) is 11.6 Å². The summed E-state index contributed by atoms with van der Waals surface area (Å²) in [6.07, 6.45) is 0. The molecule has 0 amide bonds. The zero-order chi connectivity index (χ0) is 17.0. The first-order valence-electron chi connectivity index (χ1n) is 6.54. The first-order valence-corrected chi connectivity index (χ1v) is 8.40. The van der Waals surface area contributed by atoms with E-state index in [0.717, 1.165) is 18.2 Å². The van der Waals surface area contributed by atoms with Gasteiger partial charge < -0.3 is 11.1 Å². The number of hydrogen-bond acceptors (Lipinski definition) is 3. The predicted octanol–water partition coefficient (Wildman–Crippen LogP) is 1.46. The minimum Gasteiger partial charge on any atom is -0.370 e. The lowest BCUT2D eigenvalue weighted by Crippen LogP contribution is -2.45. The van der Waals surface area contributed by atoms with E-state index in [-0.39, 0.29) is 34.5 Å². The van der Waals surface area contributed by atoms with Crippen LogP contribution in [0.1, 0.15) is 20.8 Å². The Morgan fingerprint density at radius 1 is 1.41 bits per heavy atom. The minimum atomic E-state index is -3.82. The fourth-order valence-electron chi connectivity index (χ4n) is 1.55. The molecule has 0 fully saturated rings. The molecule has 0 spiro atoms. The molecule has 6 nitrogen and oxygen atoms in total. The van der Waals surface area contributed by atoms with Gasteiger partial charge in [0.25, 0.3) is 0 Å². The average molecular weight is 351 g/mol. The number of sulfonamides is 1. The third-order valence-corrected chi connectivity index (χ3v) is 4.32. The van der Waals surface area contributed by atoms with Crippen LogP contribution in [0.2, 0.25) is 5.02 Å². The molecule has 0 aliphatic rings. The third-order valence-electron chi connectivity index (χ3n) is 2.37. The molecule has 0 unspecified atom stereocenters. The van der Waals surface area contributed by atoms with Gasteiger partial charge in [0.2, 0.25) is 10.0 Å². The van der Waals surface area contributed by atoms with E-state index in [1.807, 2.05) is 20.8 Å². The topological polar surface area (TPSA) is 96.6 Å². The number of hydrogen-bond donors (Lipinski definition) is 3. The summed E-state index contributed by atoms with van der Waals surface area (Å²) < 4.78 is 39.3. The molecule has 0 radical (unpaired) electrons. The van der Waals surface area contributed by atoms with Crippen molar-refractivity contribution >= 4 is 27.6 Å². The summed E-state index contributed by atoms with van der Waals surface area (Å²) in [6.45, 7) is 5.98. The number of benzene rings is 1. The van der Waals surface area contributed by atoms with Crippen molar-refractivity contribution in [2.75, 3.05) is 13.1 Å². The Kier molecular flexibility index (Phi) is 6.16. The molecular weight excluding hydrogens is 331 g/mol. The highest BCUT2D eigenvalue weighted by atomic mass is 35.5. The van der Waals surface area contributed by atoms with Crippen LogP contribution >= 0.6 is 11.6 Å². The molecule has 1 aromatic rings. The Morgan fingerprint density at radius 2 is 2.05 bits per heavy atom. The molecule has 0 atom stereocenters. The van der Waals surface area contributed by atoms with Gasteiger partial charge in [-0.25, -0.2) is 17.5 Å². The highest BCUT2D eigenvalue weighted by molar-refractivity contribution is 7.89. The molecule has 0 aliphatic heterocycles. The van der Waals surface area contributed by atoms with Crippen molar-refractivity contribution in [3.63, 3.8) is 0 Å². The molecule has 0 aromatic heterocycles. The molecule has 1 rings (SSSR count). The number of nitrogens with zero attached hydrogens (tertiary/aromatic N) is 1. The smallest absolute Gasteiger partial charge is 0.242 e. The van der Waals surface area contributed by atoms with Crippen molar-refractivity contribution in [1.82, 2.24) is 10.0 Å². The summed E-state index contributed by atoms with van der Waals surface area (Å²) in [5.74, 6) is -0.374. The number of guanidine groups is 1. The van der Waals surface area contributed by atoms with E-state index in [2.05, 4.69) is 15.0 Å². The van der Waals surface area contributed by atoms with E-state index in [9.17, 15) is 12.8 Å². The number of rotatable bonds is 5. The van der Waals surface area contributed by atoms with Crippen LogP contribution in [0.4, 0.5) is 4.39 Å². The lowest BCUT2D eigenvalue weighted by molar-refractivity contribution is 0.508. The maximum Gasteiger partial charge on any atom is 0.242 e. The number of aliphatic imine (C=N–C) groups is 1.